The Morgan fingerprint density at radius 2 is 1.92 bits per heavy atom. The Morgan fingerprint density at radius 3 is 2.65 bits per heavy atom. The summed E-state index contributed by atoms with van der Waals surface area (Å²) >= 11 is 6.22. The number of nitrogens with zero attached hydrogens (tertiary/aromatic N) is 4. The highest BCUT2D eigenvalue weighted by atomic mass is 35.5. The van der Waals surface area contributed by atoms with Gasteiger partial charge in [-0.25, -0.2) is 4.98 Å². The minimum atomic E-state index is -1.14. The van der Waals surface area contributed by atoms with Gasteiger partial charge in [0.1, 0.15) is 10.9 Å². The molecule has 2 fully saturated rings. The van der Waals surface area contributed by atoms with Crippen LogP contribution in [-0.2, 0) is 19.1 Å². The number of rotatable bonds is 11. The SMILES string of the molecule is COCCCN1C(=O)COc2ccc(N(C(=O)[C@H]3CN(C(O)OC(C)(C)C)CC[C@@H]3c3cccc(-c4ccnc(Cl)c4)c3)C3CC3)cc21. The van der Waals surface area contributed by atoms with Crippen LogP contribution < -0.4 is 14.5 Å². The molecule has 3 atom stereocenters. The maximum absolute atomic E-state index is 15.0. The number of ether oxygens (including phenoxy) is 3. The molecule has 1 unspecified atom stereocenters. The summed E-state index contributed by atoms with van der Waals surface area (Å²) < 4.78 is 17.0. The Kier molecular flexibility index (Phi) is 10.4. The van der Waals surface area contributed by atoms with Crippen molar-refractivity contribution in [1.82, 2.24) is 9.88 Å². The van der Waals surface area contributed by atoms with E-state index in [-0.39, 0.29) is 30.4 Å². The third-order valence-corrected chi connectivity index (χ3v) is 9.36. The van der Waals surface area contributed by atoms with Gasteiger partial charge >= 0.3 is 0 Å². The topological polar surface area (TPSA) is 105 Å². The predicted molar refractivity (Wildman–Crippen MR) is 185 cm³/mol. The zero-order chi connectivity index (χ0) is 34.0. The second-order valence-corrected chi connectivity index (χ2v) is 14.2. The fourth-order valence-electron chi connectivity index (χ4n) is 6.73. The standard InChI is InChI=1S/C37H45ClN4O6/c1-37(2,3)48-36(45)40-17-14-29(26-8-5-7-24(19-26)25-13-15-39-33(38)20-25)30(22-40)35(44)42(27-9-10-27)28-11-12-32-31(21-28)41(16-6-18-46-4)34(43)23-47-32/h5,7-8,11-13,15,19-21,27,29-30,36,45H,6,9-10,14,16-18,22-23H2,1-4H3/t29-,30+,36?/m1/s1. The number of aliphatic hydroxyl groups is 1. The van der Waals surface area contributed by atoms with E-state index < -0.39 is 17.9 Å². The smallest absolute Gasteiger partial charge is 0.265 e. The molecule has 2 aromatic carbocycles. The van der Waals surface area contributed by atoms with Crippen LogP contribution in [-0.4, -0.2) is 84.8 Å². The predicted octanol–water partition coefficient (Wildman–Crippen LogP) is 5.86. The summed E-state index contributed by atoms with van der Waals surface area (Å²) in [6.07, 6.45) is 3.67. The van der Waals surface area contributed by atoms with Crippen molar-refractivity contribution in [2.24, 2.45) is 5.92 Å². The van der Waals surface area contributed by atoms with Crippen LogP contribution in [0.5, 0.6) is 5.75 Å². The highest BCUT2D eigenvalue weighted by Gasteiger charge is 2.44. The van der Waals surface area contributed by atoms with E-state index in [2.05, 4.69) is 17.1 Å². The molecular formula is C37H45ClN4O6. The Morgan fingerprint density at radius 1 is 1.12 bits per heavy atom. The van der Waals surface area contributed by atoms with Crippen molar-refractivity contribution in [3.05, 3.63) is 71.5 Å². The van der Waals surface area contributed by atoms with E-state index in [1.165, 1.54) is 0 Å². The van der Waals surface area contributed by atoms with Crippen LogP contribution in [0.15, 0.2) is 60.8 Å². The average Bonchev–Trinajstić information content (AvgIpc) is 3.90. The molecular weight excluding hydrogens is 632 g/mol. The molecule has 1 N–H and O–H groups in total. The number of hydrogen-bond acceptors (Lipinski definition) is 8. The van der Waals surface area contributed by atoms with Crippen LogP contribution in [0.3, 0.4) is 0 Å². The number of fused-ring (bicyclic) bond motifs is 1. The van der Waals surface area contributed by atoms with E-state index in [0.717, 1.165) is 35.2 Å². The largest absolute Gasteiger partial charge is 0.482 e. The van der Waals surface area contributed by atoms with Crippen LogP contribution >= 0.6 is 11.6 Å². The molecule has 1 aromatic heterocycles. The fraction of sp³-hybridized carbons (Fsp3) is 0.486. The molecule has 0 bridgehead atoms. The molecule has 3 aliphatic rings. The van der Waals surface area contributed by atoms with Gasteiger partial charge < -0.3 is 29.1 Å². The Balaban J connectivity index is 1.35. The number of piperidine rings is 1. The van der Waals surface area contributed by atoms with E-state index in [0.29, 0.717) is 55.7 Å². The van der Waals surface area contributed by atoms with E-state index in [4.69, 9.17) is 25.8 Å². The van der Waals surface area contributed by atoms with E-state index >= 15 is 0 Å². The molecule has 3 heterocycles. The molecule has 48 heavy (non-hydrogen) atoms. The maximum atomic E-state index is 15.0. The minimum absolute atomic E-state index is 0.0125. The van der Waals surface area contributed by atoms with Gasteiger partial charge in [-0.05, 0) is 99.4 Å². The Labute approximate surface area is 287 Å². The summed E-state index contributed by atoms with van der Waals surface area (Å²) in [7, 11) is 1.64. The summed E-state index contributed by atoms with van der Waals surface area (Å²) in [4.78, 5) is 37.5. The molecule has 6 rings (SSSR count). The van der Waals surface area contributed by atoms with Crippen molar-refractivity contribution >= 4 is 34.8 Å². The number of halogens is 1. The monoisotopic (exact) mass is 676 g/mol. The van der Waals surface area contributed by atoms with Crippen LogP contribution in [0.25, 0.3) is 11.1 Å². The van der Waals surface area contributed by atoms with Gasteiger partial charge in [0.05, 0.1) is 17.2 Å². The zero-order valence-electron chi connectivity index (χ0n) is 28.1. The first kappa shape index (κ1) is 34.3. The summed E-state index contributed by atoms with van der Waals surface area (Å²) in [5, 5.41) is 11.6. The van der Waals surface area contributed by atoms with Gasteiger partial charge in [0.2, 0.25) is 12.3 Å². The van der Waals surface area contributed by atoms with E-state index in [1.807, 2.05) is 73.0 Å². The molecule has 3 aromatic rings. The highest BCUT2D eigenvalue weighted by Crippen LogP contribution is 2.43. The maximum Gasteiger partial charge on any atom is 0.265 e. The number of hydrogen-bond donors (Lipinski definition) is 1. The number of benzene rings is 2. The second kappa shape index (κ2) is 14.5. The molecule has 1 saturated heterocycles. The van der Waals surface area contributed by atoms with Crippen molar-refractivity contribution < 1.29 is 28.9 Å². The van der Waals surface area contributed by atoms with Crippen LogP contribution in [0, 0.1) is 5.92 Å². The number of likely N-dealkylation sites (tertiary alicyclic amines) is 1. The molecule has 2 amide bonds. The number of aromatic nitrogens is 1. The number of carbonyl (C=O) groups excluding carboxylic acids is 2. The Hall–Kier alpha value is -3.54. The van der Waals surface area contributed by atoms with Crippen molar-refractivity contribution in [3.63, 3.8) is 0 Å². The molecule has 256 valence electrons. The molecule has 0 radical (unpaired) electrons. The van der Waals surface area contributed by atoms with E-state index in [9.17, 15) is 14.7 Å². The van der Waals surface area contributed by atoms with Crippen LogP contribution in [0.2, 0.25) is 5.15 Å². The van der Waals surface area contributed by atoms with Crippen molar-refractivity contribution in [2.75, 3.05) is 49.8 Å². The van der Waals surface area contributed by atoms with Gasteiger partial charge in [-0.2, -0.15) is 0 Å². The van der Waals surface area contributed by atoms with Gasteiger partial charge in [-0.3, -0.25) is 14.5 Å². The van der Waals surface area contributed by atoms with Crippen molar-refractivity contribution in [1.29, 1.82) is 0 Å². The van der Waals surface area contributed by atoms with Gasteiger partial charge in [-0.1, -0.05) is 35.9 Å². The first-order valence-electron chi connectivity index (χ1n) is 16.7. The summed E-state index contributed by atoms with van der Waals surface area (Å²) in [5.41, 5.74) is 3.83. The first-order chi connectivity index (χ1) is 23.0. The normalized spacial score (nSPS) is 20.6. The fourth-order valence-corrected chi connectivity index (χ4v) is 6.90. The highest BCUT2D eigenvalue weighted by molar-refractivity contribution is 6.29. The van der Waals surface area contributed by atoms with Gasteiger partial charge in [0.15, 0.2) is 6.61 Å². The summed E-state index contributed by atoms with van der Waals surface area (Å²) in [5.74, 6) is -0.0911. The third kappa shape index (κ3) is 7.84. The number of methoxy groups -OCH3 is 1. The molecule has 2 aliphatic heterocycles. The number of aliphatic hydroxyl groups excluding tert-OH is 1. The molecule has 1 aliphatic carbocycles. The molecule has 0 spiro atoms. The quantitative estimate of drug-likeness (QED) is 0.153. The number of carbonyl (C=O) groups is 2. The van der Waals surface area contributed by atoms with Gasteiger partial charge in [0.25, 0.3) is 5.91 Å². The Bertz CT molecular complexity index is 1630. The minimum Gasteiger partial charge on any atom is -0.482 e. The average molecular weight is 677 g/mol. The third-order valence-electron chi connectivity index (χ3n) is 9.15. The van der Waals surface area contributed by atoms with Crippen molar-refractivity contribution in [3.8, 4) is 16.9 Å². The van der Waals surface area contributed by atoms with Gasteiger partial charge in [-0.15, -0.1) is 0 Å². The van der Waals surface area contributed by atoms with E-state index in [1.54, 1.807) is 18.2 Å². The number of anilines is 2. The number of amides is 2. The zero-order valence-corrected chi connectivity index (χ0v) is 28.9. The van der Waals surface area contributed by atoms with Crippen molar-refractivity contribution in [2.45, 2.75) is 70.4 Å². The lowest BCUT2D eigenvalue weighted by molar-refractivity contribution is -0.245. The first-order valence-corrected chi connectivity index (χ1v) is 17.1. The molecule has 1 saturated carbocycles. The van der Waals surface area contributed by atoms with Crippen LogP contribution in [0.1, 0.15) is 57.9 Å². The molecule has 10 nitrogen and oxygen atoms in total. The molecule has 11 heteroatoms. The lowest BCUT2D eigenvalue weighted by Gasteiger charge is -2.43. The summed E-state index contributed by atoms with van der Waals surface area (Å²) in [6, 6.07) is 17.8. The second-order valence-electron chi connectivity index (χ2n) is 13.8. The van der Waals surface area contributed by atoms with Crippen LogP contribution in [0.4, 0.5) is 11.4 Å². The number of pyridine rings is 1. The lowest BCUT2D eigenvalue weighted by Crippen LogP contribution is -2.53. The van der Waals surface area contributed by atoms with Gasteiger partial charge in [0, 0.05) is 51.3 Å². The lowest BCUT2D eigenvalue weighted by atomic mass is 9.78. The summed E-state index contributed by atoms with van der Waals surface area (Å²) in [6.45, 7) is 7.61.